The number of methoxy groups -OCH3 is 1. The van der Waals surface area contributed by atoms with Crippen molar-refractivity contribution in [3.8, 4) is 5.75 Å². The molecule has 0 N–H and O–H groups in total. The fourth-order valence-corrected chi connectivity index (χ4v) is 9.11. The van der Waals surface area contributed by atoms with Crippen LogP contribution in [-0.2, 0) is 6.16 Å². The molecule has 0 fully saturated rings. The topological polar surface area (TPSA) is 22.4 Å². The van der Waals surface area contributed by atoms with Gasteiger partial charge in [0.25, 0.3) is 0 Å². The second-order valence-corrected chi connectivity index (χ2v) is 11.7. The maximum atomic E-state index is 6.39. The number of ether oxygens (including phenoxy) is 1. The molecule has 154 valence electrons. The van der Waals surface area contributed by atoms with Crippen LogP contribution in [0.25, 0.3) is 11.0 Å². The van der Waals surface area contributed by atoms with Crippen LogP contribution in [0.5, 0.6) is 5.75 Å². The van der Waals surface area contributed by atoms with Gasteiger partial charge in [-0.25, -0.2) is 0 Å². The van der Waals surface area contributed by atoms with Crippen molar-refractivity contribution >= 4 is 34.1 Å². The molecule has 3 heteroatoms. The van der Waals surface area contributed by atoms with E-state index in [-0.39, 0.29) is 0 Å². The third-order valence-electron chi connectivity index (χ3n) is 6.02. The second kappa shape index (κ2) is 8.41. The zero-order valence-electron chi connectivity index (χ0n) is 17.5. The third kappa shape index (κ3) is 3.65. The van der Waals surface area contributed by atoms with E-state index in [0.717, 1.165) is 28.6 Å². The van der Waals surface area contributed by atoms with Crippen molar-refractivity contribution in [1.82, 2.24) is 0 Å². The summed E-state index contributed by atoms with van der Waals surface area (Å²) in [5.41, 5.74) is 0.867. The van der Waals surface area contributed by atoms with E-state index in [1.807, 2.05) is 12.1 Å². The molecule has 5 rings (SSSR count). The van der Waals surface area contributed by atoms with Crippen molar-refractivity contribution in [3.05, 3.63) is 121 Å². The van der Waals surface area contributed by atoms with Gasteiger partial charge in [-0.2, -0.15) is 0 Å². The minimum absolute atomic E-state index is 0.811. The first-order valence-electron chi connectivity index (χ1n) is 10.5. The summed E-state index contributed by atoms with van der Waals surface area (Å²) in [4.78, 5) is 0. The molecule has 0 aliphatic carbocycles. The first kappa shape index (κ1) is 19.6. The summed E-state index contributed by atoms with van der Waals surface area (Å²) in [6, 6.07) is 41.0. The fraction of sp³-hybridized carbons (Fsp3) is 0.0714. The van der Waals surface area contributed by atoms with Gasteiger partial charge in [0, 0.05) is 0 Å². The molecule has 1 aromatic heterocycles. The van der Waals surface area contributed by atoms with Crippen LogP contribution in [0.4, 0.5) is 0 Å². The Bertz CT molecular complexity index is 1180. The summed E-state index contributed by atoms with van der Waals surface area (Å²) in [5, 5.41) is 5.24. The van der Waals surface area contributed by atoms with Crippen molar-refractivity contribution < 1.29 is 9.15 Å². The quantitative estimate of drug-likeness (QED) is 0.328. The molecule has 4 aromatic carbocycles. The molecule has 1 heterocycles. The van der Waals surface area contributed by atoms with E-state index >= 15 is 0 Å². The Morgan fingerprint density at radius 2 is 1.16 bits per heavy atom. The number of benzene rings is 4. The van der Waals surface area contributed by atoms with E-state index in [4.69, 9.17) is 9.15 Å². The molecule has 0 unspecified atom stereocenters. The van der Waals surface area contributed by atoms with Crippen LogP contribution in [0, 0.1) is 0 Å². The third-order valence-corrected chi connectivity index (χ3v) is 10.9. The van der Waals surface area contributed by atoms with E-state index in [9.17, 15) is 0 Å². The molecule has 0 saturated heterocycles. The van der Waals surface area contributed by atoms with E-state index < -0.39 is 7.26 Å². The molecule has 0 atom stereocenters. The molecule has 5 aromatic rings. The Hall–Kier alpha value is -3.35. The number of rotatable bonds is 6. The van der Waals surface area contributed by atoms with E-state index in [1.165, 1.54) is 15.9 Å². The molecule has 0 saturated carbocycles. The number of furan rings is 1. The minimum atomic E-state index is -2.37. The predicted molar refractivity (Wildman–Crippen MR) is 133 cm³/mol. The van der Waals surface area contributed by atoms with E-state index in [0.29, 0.717) is 0 Å². The van der Waals surface area contributed by atoms with Gasteiger partial charge in [-0.05, 0) is 0 Å². The fourth-order valence-electron chi connectivity index (χ4n) is 4.52. The summed E-state index contributed by atoms with van der Waals surface area (Å²) in [5.74, 6) is 1.82. The van der Waals surface area contributed by atoms with Crippen molar-refractivity contribution in [3.63, 3.8) is 0 Å². The van der Waals surface area contributed by atoms with Gasteiger partial charge in [-0.1, -0.05) is 0 Å². The molecule has 0 amide bonds. The molecular formula is C28H25O2P. The van der Waals surface area contributed by atoms with Gasteiger partial charge in [-0.3, -0.25) is 0 Å². The van der Waals surface area contributed by atoms with Gasteiger partial charge in [0.2, 0.25) is 0 Å². The van der Waals surface area contributed by atoms with E-state index in [2.05, 4.69) is 103 Å². The first-order chi connectivity index (χ1) is 15.3. The zero-order chi connectivity index (χ0) is 21.1. The molecule has 0 radical (unpaired) electrons. The first-order valence-corrected chi connectivity index (χ1v) is 12.7. The molecule has 2 nitrogen and oxygen atoms in total. The normalized spacial score (nSPS) is 12.0. The number of hydrogen-bond donors (Lipinski definition) is 0. The molecular weight excluding hydrogens is 399 g/mol. The van der Waals surface area contributed by atoms with Gasteiger partial charge in [-0.15, -0.1) is 0 Å². The Morgan fingerprint density at radius 3 is 1.65 bits per heavy atom. The molecule has 0 spiro atoms. The van der Waals surface area contributed by atoms with Gasteiger partial charge in [0.05, 0.1) is 0 Å². The Kier molecular flexibility index (Phi) is 5.32. The van der Waals surface area contributed by atoms with Gasteiger partial charge >= 0.3 is 183 Å². The van der Waals surface area contributed by atoms with Gasteiger partial charge in [0.15, 0.2) is 0 Å². The standard InChI is InChI=1S/C28H25O2P/c1-29-23-18-17-22-19-24(30-28(22)20-23)21-31(25-11-5-2-6-12-25,26-13-7-3-8-14-26)27-15-9-4-10-16-27/h2-20,31H,21H2,1H3. The van der Waals surface area contributed by atoms with Crippen molar-refractivity contribution in [1.29, 1.82) is 0 Å². The van der Waals surface area contributed by atoms with Gasteiger partial charge in [0.1, 0.15) is 0 Å². The SMILES string of the molecule is COc1ccc2cc(C[PH](c3ccccc3)(c3ccccc3)c3ccccc3)oc2c1. The molecule has 0 aliphatic heterocycles. The van der Waals surface area contributed by atoms with Gasteiger partial charge < -0.3 is 0 Å². The number of hydrogen-bond acceptors (Lipinski definition) is 2. The van der Waals surface area contributed by atoms with Crippen LogP contribution in [0.1, 0.15) is 5.76 Å². The molecule has 0 bridgehead atoms. The van der Waals surface area contributed by atoms with Crippen LogP contribution >= 0.6 is 7.26 Å². The monoisotopic (exact) mass is 424 g/mol. The van der Waals surface area contributed by atoms with Crippen molar-refractivity contribution in [2.75, 3.05) is 7.11 Å². The second-order valence-electron chi connectivity index (χ2n) is 7.80. The Morgan fingerprint density at radius 1 is 0.645 bits per heavy atom. The van der Waals surface area contributed by atoms with Crippen molar-refractivity contribution in [2.45, 2.75) is 6.16 Å². The summed E-state index contributed by atoms with van der Waals surface area (Å²) in [6.45, 7) is 0. The van der Waals surface area contributed by atoms with Crippen LogP contribution in [-0.4, -0.2) is 7.11 Å². The summed E-state index contributed by atoms with van der Waals surface area (Å²) >= 11 is 0. The van der Waals surface area contributed by atoms with Crippen LogP contribution in [0.15, 0.2) is 120 Å². The van der Waals surface area contributed by atoms with Crippen LogP contribution in [0.3, 0.4) is 0 Å². The molecule has 0 aliphatic rings. The van der Waals surface area contributed by atoms with Crippen LogP contribution in [0.2, 0.25) is 0 Å². The summed E-state index contributed by atoms with van der Waals surface area (Å²) in [6.07, 6.45) is 0.849. The Balaban J connectivity index is 1.74. The molecule has 31 heavy (non-hydrogen) atoms. The maximum absolute atomic E-state index is 6.39. The summed E-state index contributed by atoms with van der Waals surface area (Å²) in [7, 11) is -0.691. The van der Waals surface area contributed by atoms with E-state index in [1.54, 1.807) is 7.11 Å². The average molecular weight is 424 g/mol. The Labute approximate surface area is 183 Å². The predicted octanol–water partition coefficient (Wildman–Crippen LogP) is 5.67. The summed E-state index contributed by atoms with van der Waals surface area (Å²) < 4.78 is 11.8. The average Bonchev–Trinajstić information content (AvgIpc) is 3.25. The zero-order valence-corrected chi connectivity index (χ0v) is 18.5. The van der Waals surface area contributed by atoms with Crippen molar-refractivity contribution in [2.24, 2.45) is 0 Å². The number of fused-ring (bicyclic) bond motifs is 1. The van der Waals surface area contributed by atoms with Crippen LogP contribution < -0.4 is 20.7 Å².